The van der Waals surface area contributed by atoms with Gasteiger partial charge >= 0.3 is 0 Å². The number of aliphatic hydroxyl groups is 1. The third kappa shape index (κ3) is 4.46. The van der Waals surface area contributed by atoms with Gasteiger partial charge in [-0.1, -0.05) is 31.9 Å². The highest BCUT2D eigenvalue weighted by Gasteiger charge is 2.31. The normalized spacial score (nSPS) is 18.2. The van der Waals surface area contributed by atoms with Crippen LogP contribution in [0, 0.1) is 0 Å². The molecule has 0 bridgehead atoms. The number of hydrogen-bond donors (Lipinski definition) is 2. The predicted octanol–water partition coefficient (Wildman–Crippen LogP) is 2.61. The Morgan fingerprint density at radius 1 is 1.43 bits per heavy atom. The maximum Gasteiger partial charge on any atom is 0.220 e. The van der Waals surface area contributed by atoms with E-state index in [0.717, 1.165) is 37.0 Å². The van der Waals surface area contributed by atoms with Crippen molar-refractivity contribution in [1.82, 2.24) is 5.32 Å². The van der Waals surface area contributed by atoms with E-state index in [2.05, 4.69) is 5.32 Å². The zero-order valence-corrected chi connectivity index (χ0v) is 12.9. The van der Waals surface area contributed by atoms with E-state index in [0.29, 0.717) is 13.0 Å². The smallest absolute Gasteiger partial charge is 0.220 e. The standard InChI is InChI=1S/C17H25NO3/c1-13(14-6-5-7-15(11-14)21-2)10-16(19)18-12-17(20)8-3-4-9-17/h5-7,11,13,20H,3-4,8-10,12H2,1-2H3,(H,18,19). The summed E-state index contributed by atoms with van der Waals surface area (Å²) >= 11 is 0. The van der Waals surface area contributed by atoms with Gasteiger partial charge in [0.25, 0.3) is 0 Å². The minimum atomic E-state index is -0.686. The molecular formula is C17H25NO3. The van der Waals surface area contributed by atoms with E-state index in [4.69, 9.17) is 4.74 Å². The van der Waals surface area contributed by atoms with Crippen LogP contribution in [0.15, 0.2) is 24.3 Å². The van der Waals surface area contributed by atoms with E-state index in [-0.39, 0.29) is 11.8 Å². The van der Waals surface area contributed by atoms with Gasteiger partial charge in [-0.2, -0.15) is 0 Å². The van der Waals surface area contributed by atoms with Gasteiger partial charge in [0.2, 0.25) is 5.91 Å². The van der Waals surface area contributed by atoms with Gasteiger partial charge in [-0.15, -0.1) is 0 Å². The van der Waals surface area contributed by atoms with Crippen molar-refractivity contribution in [3.8, 4) is 5.75 Å². The van der Waals surface area contributed by atoms with Crippen LogP contribution >= 0.6 is 0 Å². The van der Waals surface area contributed by atoms with Gasteiger partial charge in [-0.05, 0) is 36.5 Å². The first-order valence-corrected chi connectivity index (χ1v) is 7.65. The fourth-order valence-corrected chi connectivity index (χ4v) is 2.89. The van der Waals surface area contributed by atoms with Crippen molar-refractivity contribution in [3.05, 3.63) is 29.8 Å². The lowest BCUT2D eigenvalue weighted by Crippen LogP contribution is -2.41. The van der Waals surface area contributed by atoms with Crippen LogP contribution < -0.4 is 10.1 Å². The minimum absolute atomic E-state index is 0.00866. The summed E-state index contributed by atoms with van der Waals surface area (Å²) in [4.78, 5) is 12.0. The quantitative estimate of drug-likeness (QED) is 0.847. The summed E-state index contributed by atoms with van der Waals surface area (Å²) < 4.78 is 5.20. The monoisotopic (exact) mass is 291 g/mol. The molecule has 1 amide bonds. The van der Waals surface area contributed by atoms with E-state index >= 15 is 0 Å². The van der Waals surface area contributed by atoms with Crippen LogP contribution in [0.5, 0.6) is 5.75 Å². The zero-order valence-electron chi connectivity index (χ0n) is 12.9. The molecular weight excluding hydrogens is 266 g/mol. The SMILES string of the molecule is COc1cccc(C(C)CC(=O)NCC2(O)CCCC2)c1. The van der Waals surface area contributed by atoms with Crippen LogP contribution in [-0.4, -0.2) is 30.3 Å². The molecule has 1 unspecified atom stereocenters. The summed E-state index contributed by atoms with van der Waals surface area (Å²) in [7, 11) is 1.64. The lowest BCUT2D eigenvalue weighted by atomic mass is 9.97. The van der Waals surface area contributed by atoms with Crippen LogP contribution in [0.2, 0.25) is 0 Å². The first-order valence-electron chi connectivity index (χ1n) is 7.65. The van der Waals surface area contributed by atoms with Gasteiger partial charge in [-0.3, -0.25) is 4.79 Å². The largest absolute Gasteiger partial charge is 0.497 e. The number of carbonyl (C=O) groups excluding carboxylic acids is 1. The Morgan fingerprint density at radius 2 is 2.14 bits per heavy atom. The van der Waals surface area contributed by atoms with Gasteiger partial charge in [0.05, 0.1) is 12.7 Å². The molecule has 1 aliphatic rings. The van der Waals surface area contributed by atoms with Crippen LogP contribution in [-0.2, 0) is 4.79 Å². The van der Waals surface area contributed by atoms with Crippen LogP contribution in [0.25, 0.3) is 0 Å². The van der Waals surface area contributed by atoms with E-state index in [1.807, 2.05) is 31.2 Å². The third-order valence-corrected chi connectivity index (χ3v) is 4.30. The summed E-state index contributed by atoms with van der Waals surface area (Å²) in [5.74, 6) is 0.920. The Balaban J connectivity index is 1.83. The number of nitrogens with one attached hydrogen (secondary N) is 1. The van der Waals surface area contributed by atoms with Crippen molar-refractivity contribution in [3.63, 3.8) is 0 Å². The maximum atomic E-state index is 12.0. The molecule has 0 saturated heterocycles. The molecule has 1 fully saturated rings. The van der Waals surface area contributed by atoms with Gasteiger partial charge in [-0.25, -0.2) is 0 Å². The molecule has 0 heterocycles. The molecule has 1 saturated carbocycles. The van der Waals surface area contributed by atoms with Gasteiger partial charge in [0, 0.05) is 13.0 Å². The third-order valence-electron chi connectivity index (χ3n) is 4.30. The summed E-state index contributed by atoms with van der Waals surface area (Å²) in [6.07, 6.45) is 4.10. The minimum Gasteiger partial charge on any atom is -0.497 e. The number of methoxy groups -OCH3 is 1. The molecule has 2 rings (SSSR count). The number of carbonyl (C=O) groups is 1. The average molecular weight is 291 g/mol. The Hall–Kier alpha value is -1.55. The van der Waals surface area contributed by atoms with Crippen molar-refractivity contribution < 1.29 is 14.6 Å². The fraction of sp³-hybridized carbons (Fsp3) is 0.588. The van der Waals surface area contributed by atoms with Crippen molar-refractivity contribution in [1.29, 1.82) is 0 Å². The molecule has 4 nitrogen and oxygen atoms in total. The van der Waals surface area contributed by atoms with Crippen LogP contribution in [0.4, 0.5) is 0 Å². The second kappa shape index (κ2) is 6.94. The van der Waals surface area contributed by atoms with Crippen molar-refractivity contribution in [2.45, 2.75) is 50.5 Å². The van der Waals surface area contributed by atoms with E-state index in [9.17, 15) is 9.90 Å². The van der Waals surface area contributed by atoms with Crippen molar-refractivity contribution in [2.24, 2.45) is 0 Å². The van der Waals surface area contributed by atoms with Crippen LogP contribution in [0.1, 0.15) is 50.5 Å². The highest BCUT2D eigenvalue weighted by atomic mass is 16.5. The Kier molecular flexibility index (Phi) is 5.23. The van der Waals surface area contributed by atoms with Crippen molar-refractivity contribution in [2.75, 3.05) is 13.7 Å². The molecule has 1 atom stereocenters. The molecule has 1 aromatic rings. The number of hydrogen-bond acceptors (Lipinski definition) is 3. The Bertz CT molecular complexity index is 481. The summed E-state index contributed by atoms with van der Waals surface area (Å²) in [5, 5.41) is 13.1. The second-order valence-corrected chi connectivity index (χ2v) is 6.09. The van der Waals surface area contributed by atoms with Gasteiger partial charge in [0.15, 0.2) is 0 Å². The highest BCUT2D eigenvalue weighted by molar-refractivity contribution is 5.76. The first-order chi connectivity index (χ1) is 10.0. The number of benzene rings is 1. The first kappa shape index (κ1) is 15.8. The number of amides is 1. The molecule has 2 N–H and O–H groups in total. The zero-order chi connectivity index (χ0) is 15.3. The number of ether oxygens (including phenoxy) is 1. The highest BCUT2D eigenvalue weighted by Crippen LogP contribution is 2.29. The van der Waals surface area contributed by atoms with E-state index in [1.165, 1.54) is 0 Å². The van der Waals surface area contributed by atoms with E-state index in [1.54, 1.807) is 7.11 Å². The lowest BCUT2D eigenvalue weighted by molar-refractivity contribution is -0.122. The predicted molar refractivity (Wildman–Crippen MR) is 82.5 cm³/mol. The fourth-order valence-electron chi connectivity index (χ4n) is 2.89. The summed E-state index contributed by atoms with van der Waals surface area (Å²) in [5.41, 5.74) is 0.401. The Morgan fingerprint density at radius 3 is 2.81 bits per heavy atom. The molecule has 21 heavy (non-hydrogen) atoms. The van der Waals surface area contributed by atoms with Crippen LogP contribution in [0.3, 0.4) is 0 Å². The van der Waals surface area contributed by atoms with Crippen molar-refractivity contribution >= 4 is 5.91 Å². The molecule has 0 aromatic heterocycles. The number of rotatable bonds is 6. The molecule has 0 aliphatic heterocycles. The Labute approximate surface area is 126 Å². The summed E-state index contributed by atoms with van der Waals surface area (Å²) in [6.45, 7) is 2.40. The van der Waals surface area contributed by atoms with E-state index < -0.39 is 5.60 Å². The maximum absolute atomic E-state index is 12.0. The lowest BCUT2D eigenvalue weighted by Gasteiger charge is -2.23. The molecule has 116 valence electrons. The average Bonchev–Trinajstić information content (AvgIpc) is 2.92. The molecule has 0 radical (unpaired) electrons. The molecule has 1 aromatic carbocycles. The second-order valence-electron chi connectivity index (χ2n) is 6.09. The van der Waals surface area contributed by atoms with Gasteiger partial charge < -0.3 is 15.2 Å². The topological polar surface area (TPSA) is 58.6 Å². The molecule has 0 spiro atoms. The molecule has 1 aliphatic carbocycles. The summed E-state index contributed by atoms with van der Waals surface area (Å²) in [6, 6.07) is 7.79. The molecule has 4 heteroatoms. The van der Waals surface area contributed by atoms with Gasteiger partial charge in [0.1, 0.15) is 5.75 Å².